The summed E-state index contributed by atoms with van der Waals surface area (Å²) in [4.78, 5) is 29.0. The molecule has 1 aromatic carbocycles. The Morgan fingerprint density at radius 1 is 1.18 bits per heavy atom. The minimum absolute atomic E-state index is 0.110. The van der Waals surface area contributed by atoms with Gasteiger partial charge in [-0.1, -0.05) is 23.1 Å². The van der Waals surface area contributed by atoms with Crippen molar-refractivity contribution in [3.63, 3.8) is 0 Å². The lowest BCUT2D eigenvalue weighted by molar-refractivity contribution is -0.113. The number of hydrogen-bond donors (Lipinski definition) is 1. The molecule has 0 bridgehead atoms. The van der Waals surface area contributed by atoms with E-state index in [1.165, 1.54) is 11.8 Å². The van der Waals surface area contributed by atoms with Crippen LogP contribution in [0.5, 0.6) is 11.5 Å². The van der Waals surface area contributed by atoms with Crippen LogP contribution in [0.15, 0.2) is 29.4 Å². The number of aryl methyl sites for hydroxylation is 1. The lowest BCUT2D eigenvalue weighted by Gasteiger charge is -2.15. The van der Waals surface area contributed by atoms with Crippen molar-refractivity contribution in [1.29, 1.82) is 0 Å². The molecule has 10 nitrogen and oxygen atoms in total. The van der Waals surface area contributed by atoms with Gasteiger partial charge in [-0.25, -0.2) is 9.78 Å². The zero-order valence-corrected chi connectivity index (χ0v) is 21.3. The predicted octanol–water partition coefficient (Wildman–Crippen LogP) is 4.12. The number of thioether (sulfide) groups is 1. The summed E-state index contributed by atoms with van der Waals surface area (Å²) >= 11 is 2.36. The first kappa shape index (κ1) is 25.5. The number of esters is 1. The Morgan fingerprint density at radius 2 is 1.88 bits per heavy atom. The van der Waals surface area contributed by atoms with Gasteiger partial charge in [0, 0.05) is 6.54 Å². The number of hydrogen-bond acceptors (Lipinski definition) is 10. The van der Waals surface area contributed by atoms with Crippen molar-refractivity contribution < 1.29 is 23.8 Å². The van der Waals surface area contributed by atoms with E-state index >= 15 is 0 Å². The summed E-state index contributed by atoms with van der Waals surface area (Å²) in [7, 11) is 1.61. The number of ether oxygens (including phenoxy) is 3. The van der Waals surface area contributed by atoms with Crippen molar-refractivity contribution in [2.24, 2.45) is 0 Å². The normalized spacial score (nSPS) is 11.7. The Morgan fingerprint density at radius 3 is 2.53 bits per heavy atom. The molecular formula is C22H27N5O5S2. The maximum Gasteiger partial charge on any atom is 0.350 e. The maximum absolute atomic E-state index is 12.5. The van der Waals surface area contributed by atoms with Crippen LogP contribution in [0.25, 0.3) is 0 Å². The average molecular weight is 506 g/mol. The smallest absolute Gasteiger partial charge is 0.350 e. The molecule has 0 aliphatic carbocycles. The molecule has 0 saturated heterocycles. The van der Waals surface area contributed by atoms with Crippen LogP contribution in [0.1, 0.15) is 48.1 Å². The summed E-state index contributed by atoms with van der Waals surface area (Å²) in [6.07, 6.45) is -0.344. The standard InChI is InChI=1S/C22H27N5O5S2/c1-6-27-19(14(4)32-16-10-8-15(30-5)9-11-16)25-26-22(27)33-12-17(28)24-21-23-13(3)18(34-21)20(29)31-7-2/h8-11,14H,6-7,12H2,1-5H3,(H,23,24,28). The second kappa shape index (κ2) is 11.8. The minimum atomic E-state index is -0.443. The summed E-state index contributed by atoms with van der Waals surface area (Å²) < 4.78 is 18.1. The second-order valence-electron chi connectivity index (χ2n) is 7.01. The molecule has 182 valence electrons. The fourth-order valence-electron chi connectivity index (χ4n) is 3.04. The third-order valence-corrected chi connectivity index (χ3v) is 6.65. The topological polar surface area (TPSA) is 117 Å². The first-order valence-electron chi connectivity index (χ1n) is 10.7. The molecule has 1 unspecified atom stereocenters. The molecule has 0 fully saturated rings. The highest BCUT2D eigenvalue weighted by molar-refractivity contribution is 7.99. The van der Waals surface area contributed by atoms with E-state index in [1.54, 1.807) is 21.0 Å². The van der Waals surface area contributed by atoms with E-state index in [4.69, 9.17) is 14.2 Å². The van der Waals surface area contributed by atoms with Gasteiger partial charge in [0.2, 0.25) is 5.91 Å². The lowest BCUT2D eigenvalue weighted by Crippen LogP contribution is -2.15. The van der Waals surface area contributed by atoms with Gasteiger partial charge in [0.25, 0.3) is 0 Å². The molecule has 3 rings (SSSR count). The van der Waals surface area contributed by atoms with Gasteiger partial charge in [-0.3, -0.25) is 4.79 Å². The number of anilines is 1. The molecular weight excluding hydrogens is 478 g/mol. The molecule has 3 aromatic rings. The van der Waals surface area contributed by atoms with Gasteiger partial charge >= 0.3 is 5.97 Å². The van der Waals surface area contributed by atoms with Crippen LogP contribution in [-0.4, -0.2) is 51.1 Å². The van der Waals surface area contributed by atoms with Gasteiger partial charge < -0.3 is 24.1 Å². The van der Waals surface area contributed by atoms with E-state index in [0.717, 1.165) is 17.1 Å². The van der Waals surface area contributed by atoms with E-state index in [1.807, 2.05) is 42.7 Å². The van der Waals surface area contributed by atoms with Gasteiger partial charge in [0.05, 0.1) is 25.2 Å². The van der Waals surface area contributed by atoms with E-state index < -0.39 is 5.97 Å². The molecule has 12 heteroatoms. The van der Waals surface area contributed by atoms with Crippen molar-refractivity contribution in [2.75, 3.05) is 24.8 Å². The lowest BCUT2D eigenvalue weighted by atomic mass is 10.3. The number of aromatic nitrogens is 4. The fourth-order valence-corrected chi connectivity index (χ4v) is 4.72. The number of benzene rings is 1. The van der Waals surface area contributed by atoms with E-state index in [9.17, 15) is 9.59 Å². The first-order valence-corrected chi connectivity index (χ1v) is 12.5. The van der Waals surface area contributed by atoms with Gasteiger partial charge in [-0.05, 0) is 52.0 Å². The van der Waals surface area contributed by atoms with E-state index in [-0.39, 0.29) is 24.4 Å². The Labute approximate surface area is 206 Å². The van der Waals surface area contributed by atoms with Gasteiger partial charge in [0.15, 0.2) is 22.2 Å². The molecule has 2 aromatic heterocycles. The third kappa shape index (κ3) is 6.26. The zero-order valence-electron chi connectivity index (χ0n) is 19.7. The maximum atomic E-state index is 12.5. The number of amides is 1. The van der Waals surface area contributed by atoms with Crippen LogP contribution in [0.4, 0.5) is 5.13 Å². The average Bonchev–Trinajstić information content (AvgIpc) is 3.41. The molecule has 1 amide bonds. The second-order valence-corrected chi connectivity index (χ2v) is 8.95. The van der Waals surface area contributed by atoms with E-state index in [2.05, 4.69) is 20.5 Å². The van der Waals surface area contributed by atoms with Crippen LogP contribution in [0, 0.1) is 6.92 Å². The number of rotatable bonds is 11. The van der Waals surface area contributed by atoms with Gasteiger partial charge in [0.1, 0.15) is 16.4 Å². The number of thiazole rings is 1. The zero-order chi connectivity index (χ0) is 24.7. The summed E-state index contributed by atoms with van der Waals surface area (Å²) in [6.45, 7) is 8.21. The monoisotopic (exact) mass is 505 g/mol. The van der Waals surface area contributed by atoms with Crippen molar-refractivity contribution >= 4 is 40.1 Å². The Hall–Kier alpha value is -3.12. The first-order chi connectivity index (χ1) is 16.4. The van der Waals surface area contributed by atoms with Crippen molar-refractivity contribution in [3.8, 4) is 11.5 Å². The van der Waals surface area contributed by atoms with Crippen LogP contribution in [0.3, 0.4) is 0 Å². The molecule has 1 atom stereocenters. The number of nitrogens with zero attached hydrogens (tertiary/aromatic N) is 4. The summed E-state index contributed by atoms with van der Waals surface area (Å²) in [6, 6.07) is 7.31. The Kier molecular flexibility index (Phi) is 8.88. The summed E-state index contributed by atoms with van der Waals surface area (Å²) in [5.41, 5.74) is 0.521. The van der Waals surface area contributed by atoms with Crippen LogP contribution >= 0.6 is 23.1 Å². The van der Waals surface area contributed by atoms with E-state index in [0.29, 0.717) is 39.0 Å². The molecule has 0 aliphatic heterocycles. The highest BCUT2D eigenvalue weighted by Gasteiger charge is 2.21. The Balaban J connectivity index is 1.60. The minimum Gasteiger partial charge on any atom is -0.497 e. The predicted molar refractivity (Wildman–Crippen MR) is 130 cm³/mol. The SMILES string of the molecule is CCOC(=O)c1sc(NC(=O)CSc2nnc(C(C)Oc3ccc(OC)cc3)n2CC)nc1C. The number of carbonyl (C=O) groups is 2. The molecule has 0 aliphatic rings. The van der Waals surface area contributed by atoms with Gasteiger partial charge in [-0.2, -0.15) is 0 Å². The molecule has 1 N–H and O–H groups in total. The number of nitrogens with one attached hydrogen (secondary N) is 1. The number of methoxy groups -OCH3 is 1. The van der Waals surface area contributed by atoms with Crippen LogP contribution < -0.4 is 14.8 Å². The highest BCUT2D eigenvalue weighted by atomic mass is 32.2. The number of carbonyl (C=O) groups excluding carboxylic acids is 2. The largest absolute Gasteiger partial charge is 0.497 e. The van der Waals surface area contributed by atoms with Crippen LogP contribution in [0.2, 0.25) is 0 Å². The third-order valence-electron chi connectivity index (χ3n) is 4.63. The fraction of sp³-hybridized carbons (Fsp3) is 0.409. The van der Waals surface area contributed by atoms with Crippen molar-refractivity contribution in [1.82, 2.24) is 19.7 Å². The highest BCUT2D eigenvalue weighted by Crippen LogP contribution is 2.27. The Bertz CT molecular complexity index is 1130. The summed E-state index contributed by atoms with van der Waals surface area (Å²) in [5, 5.41) is 12.2. The van der Waals surface area contributed by atoms with Gasteiger partial charge in [-0.15, -0.1) is 10.2 Å². The molecule has 0 radical (unpaired) electrons. The van der Waals surface area contributed by atoms with Crippen molar-refractivity contribution in [3.05, 3.63) is 40.7 Å². The molecule has 0 spiro atoms. The molecule has 2 heterocycles. The quantitative estimate of drug-likeness (QED) is 0.303. The molecule has 34 heavy (non-hydrogen) atoms. The van der Waals surface area contributed by atoms with Crippen molar-refractivity contribution in [2.45, 2.75) is 45.5 Å². The molecule has 0 saturated carbocycles. The summed E-state index contributed by atoms with van der Waals surface area (Å²) in [5.74, 6) is 1.51. The van der Waals surface area contributed by atoms with Crippen LogP contribution in [-0.2, 0) is 16.1 Å².